The first kappa shape index (κ1) is 31.1. The maximum Gasteiger partial charge on any atom is 0.160 e. The van der Waals surface area contributed by atoms with Crippen LogP contribution in [0.5, 0.6) is 0 Å². The van der Waals surface area contributed by atoms with E-state index in [2.05, 4.69) is 188 Å². The van der Waals surface area contributed by atoms with Crippen LogP contribution in [0.15, 0.2) is 194 Å². The number of hydrogen-bond acceptors (Lipinski definition) is 2. The zero-order valence-electron chi connectivity index (χ0n) is 29.3. The molecule has 0 fully saturated rings. The predicted molar refractivity (Wildman–Crippen MR) is 219 cm³/mol. The van der Waals surface area contributed by atoms with Gasteiger partial charge in [0.2, 0.25) is 0 Å². The van der Waals surface area contributed by atoms with E-state index in [9.17, 15) is 0 Å². The number of aromatic nitrogens is 2. The number of hydrogen-bond donors (Lipinski definition) is 0. The molecule has 10 rings (SSSR count). The summed E-state index contributed by atoms with van der Waals surface area (Å²) in [5, 5.41) is 2.39. The summed E-state index contributed by atoms with van der Waals surface area (Å²) >= 11 is 0. The highest BCUT2D eigenvalue weighted by molar-refractivity contribution is 5.99. The molecule has 0 aliphatic heterocycles. The minimum absolute atomic E-state index is 0.536. The third-order valence-corrected chi connectivity index (χ3v) is 11.1. The van der Waals surface area contributed by atoms with Gasteiger partial charge >= 0.3 is 0 Å². The van der Waals surface area contributed by atoms with Crippen molar-refractivity contribution in [2.45, 2.75) is 18.3 Å². The molecule has 1 aromatic heterocycles. The molecule has 250 valence electrons. The van der Waals surface area contributed by atoms with Crippen LogP contribution in [0.2, 0.25) is 0 Å². The maximum atomic E-state index is 5.59. The minimum atomic E-state index is -0.536. The van der Waals surface area contributed by atoms with Gasteiger partial charge in [-0.15, -0.1) is 0 Å². The Balaban J connectivity index is 1.26. The van der Waals surface area contributed by atoms with Gasteiger partial charge in [0.25, 0.3) is 0 Å². The summed E-state index contributed by atoms with van der Waals surface area (Å²) in [6.07, 6.45) is 8.67. The van der Waals surface area contributed by atoms with Gasteiger partial charge in [-0.3, -0.25) is 0 Å². The molecule has 2 heteroatoms. The average Bonchev–Trinajstić information content (AvgIpc) is 3.56. The highest BCUT2D eigenvalue weighted by Gasteiger charge is 2.48. The number of rotatable bonds is 4. The molecular formula is C51H36N2. The van der Waals surface area contributed by atoms with Crippen LogP contribution in [-0.2, 0) is 11.8 Å². The van der Waals surface area contributed by atoms with Crippen LogP contribution in [0.1, 0.15) is 34.2 Å². The molecule has 0 radical (unpaired) electrons. The van der Waals surface area contributed by atoms with Crippen molar-refractivity contribution in [3.8, 4) is 45.0 Å². The van der Waals surface area contributed by atoms with E-state index in [0.717, 1.165) is 41.2 Å². The van der Waals surface area contributed by atoms with Gasteiger partial charge in [-0.05, 0) is 62.6 Å². The fourth-order valence-electron chi connectivity index (χ4n) is 8.66. The van der Waals surface area contributed by atoms with Gasteiger partial charge in [0.15, 0.2) is 5.82 Å². The quantitative estimate of drug-likeness (QED) is 0.185. The molecule has 0 amide bonds. The lowest BCUT2D eigenvalue weighted by atomic mass is 9.67. The molecule has 1 heterocycles. The first-order valence-electron chi connectivity index (χ1n) is 18.4. The maximum absolute atomic E-state index is 5.59. The van der Waals surface area contributed by atoms with E-state index < -0.39 is 5.41 Å². The molecule has 8 aromatic rings. The van der Waals surface area contributed by atoms with Crippen LogP contribution in [0.25, 0.3) is 61.4 Å². The minimum Gasteiger partial charge on any atom is -0.228 e. The van der Waals surface area contributed by atoms with Crippen molar-refractivity contribution in [2.75, 3.05) is 0 Å². The fourth-order valence-corrected chi connectivity index (χ4v) is 8.66. The molecular weight excluding hydrogens is 641 g/mol. The second kappa shape index (κ2) is 12.8. The summed E-state index contributed by atoms with van der Waals surface area (Å²) in [6.45, 7) is 0. The van der Waals surface area contributed by atoms with Gasteiger partial charge in [0.05, 0.1) is 16.8 Å². The Morgan fingerprint density at radius 3 is 1.85 bits per heavy atom. The van der Waals surface area contributed by atoms with Gasteiger partial charge in [-0.25, -0.2) is 9.97 Å². The van der Waals surface area contributed by atoms with E-state index >= 15 is 0 Å². The molecule has 53 heavy (non-hydrogen) atoms. The Morgan fingerprint density at radius 2 is 1.04 bits per heavy atom. The van der Waals surface area contributed by atoms with Crippen molar-refractivity contribution in [2.24, 2.45) is 0 Å². The first-order chi connectivity index (χ1) is 26.3. The summed E-state index contributed by atoms with van der Waals surface area (Å²) in [5.74, 6) is 0.742. The Morgan fingerprint density at radius 1 is 0.453 bits per heavy atom. The van der Waals surface area contributed by atoms with E-state index in [1.54, 1.807) is 0 Å². The molecule has 1 unspecified atom stereocenters. The van der Waals surface area contributed by atoms with Gasteiger partial charge in [-0.1, -0.05) is 194 Å². The van der Waals surface area contributed by atoms with Crippen molar-refractivity contribution < 1.29 is 0 Å². The first-order valence-corrected chi connectivity index (χ1v) is 18.4. The van der Waals surface area contributed by atoms with Gasteiger partial charge < -0.3 is 0 Å². The van der Waals surface area contributed by atoms with Crippen LogP contribution in [0.3, 0.4) is 0 Å². The van der Waals surface area contributed by atoms with Crippen LogP contribution in [0, 0.1) is 0 Å². The third-order valence-electron chi connectivity index (χ3n) is 11.1. The Bertz CT molecular complexity index is 2700. The van der Waals surface area contributed by atoms with E-state index in [-0.39, 0.29) is 0 Å². The fraction of sp³-hybridized carbons (Fsp3) is 0.0588. The smallest absolute Gasteiger partial charge is 0.160 e. The van der Waals surface area contributed by atoms with Crippen molar-refractivity contribution in [1.82, 2.24) is 9.97 Å². The molecule has 1 atom stereocenters. The molecule has 0 saturated heterocycles. The molecule has 1 spiro atoms. The predicted octanol–water partition coefficient (Wildman–Crippen LogP) is 12.5. The zero-order valence-corrected chi connectivity index (χ0v) is 29.3. The summed E-state index contributed by atoms with van der Waals surface area (Å²) < 4.78 is 0. The number of fused-ring (bicyclic) bond motifs is 8. The highest BCUT2D eigenvalue weighted by Crippen LogP contribution is 2.58. The topological polar surface area (TPSA) is 25.8 Å². The average molecular weight is 677 g/mol. The van der Waals surface area contributed by atoms with E-state index in [4.69, 9.17) is 9.97 Å². The number of benzene rings is 7. The normalized spacial score (nSPS) is 17.5. The third kappa shape index (κ3) is 5.18. The lowest BCUT2D eigenvalue weighted by Gasteiger charge is -2.35. The highest BCUT2D eigenvalue weighted by atomic mass is 14.9. The molecule has 0 saturated carbocycles. The summed E-state index contributed by atoms with van der Waals surface area (Å²) in [6, 6.07) is 63.3. The van der Waals surface area contributed by atoms with Crippen LogP contribution < -0.4 is 0 Å². The molecule has 0 bridgehead atoms. The van der Waals surface area contributed by atoms with E-state index in [1.807, 2.05) is 6.07 Å². The van der Waals surface area contributed by atoms with Gasteiger partial charge in [0.1, 0.15) is 0 Å². The molecule has 2 aliphatic carbocycles. The number of allylic oxidation sites excluding steroid dienone is 4. The van der Waals surface area contributed by atoms with Gasteiger partial charge in [0, 0.05) is 22.3 Å². The van der Waals surface area contributed by atoms with E-state index in [0.29, 0.717) is 0 Å². The second-order valence-corrected chi connectivity index (χ2v) is 14.0. The van der Waals surface area contributed by atoms with E-state index in [1.165, 1.54) is 60.9 Å². The lowest BCUT2D eigenvalue weighted by molar-refractivity contribution is 0.637. The Labute approximate surface area is 310 Å². The van der Waals surface area contributed by atoms with Crippen LogP contribution in [-0.4, -0.2) is 9.97 Å². The van der Waals surface area contributed by atoms with Crippen molar-refractivity contribution in [1.29, 1.82) is 0 Å². The van der Waals surface area contributed by atoms with Crippen molar-refractivity contribution >= 4 is 16.3 Å². The summed E-state index contributed by atoms with van der Waals surface area (Å²) in [5.41, 5.74) is 14.7. The van der Waals surface area contributed by atoms with Crippen molar-refractivity contribution in [3.63, 3.8) is 0 Å². The second-order valence-electron chi connectivity index (χ2n) is 14.0. The Kier molecular flexibility index (Phi) is 7.54. The lowest BCUT2D eigenvalue weighted by Crippen LogP contribution is -2.29. The standard InChI is InChI=1S/C51H36N2/c1-3-15-35(16-4-1)37-29-31-38(32-30-37)36-21-13-23-40-18-8-11-27-45(40)51(34-33-36)46-28-12-10-25-44(46)49-47(51)48(52-50(53-49)41-19-5-2-6-20-41)43-26-14-22-39-17-7-9-24-42(39)43/h1-22,24-33H,23,34H2/b21-13-,36-33+. The SMILES string of the molecule is C1=C\C(c2ccc(-c3ccccc3)cc2)=C/CC2(c3ccccc3C/1)c1ccccc1-c1nc(-c3ccccc3)nc(-c3cccc4ccccc34)c12. The molecule has 2 aliphatic rings. The largest absolute Gasteiger partial charge is 0.228 e. The van der Waals surface area contributed by atoms with Gasteiger partial charge in [-0.2, -0.15) is 0 Å². The van der Waals surface area contributed by atoms with Crippen molar-refractivity contribution in [3.05, 3.63) is 222 Å². The molecule has 7 aromatic carbocycles. The molecule has 0 N–H and O–H groups in total. The number of nitrogens with zero attached hydrogens (tertiary/aromatic N) is 2. The monoisotopic (exact) mass is 676 g/mol. The molecule has 2 nitrogen and oxygen atoms in total. The zero-order chi connectivity index (χ0) is 35.2. The van der Waals surface area contributed by atoms with Crippen LogP contribution in [0.4, 0.5) is 0 Å². The summed E-state index contributed by atoms with van der Waals surface area (Å²) in [4.78, 5) is 11.1. The summed E-state index contributed by atoms with van der Waals surface area (Å²) in [7, 11) is 0. The van der Waals surface area contributed by atoms with Crippen LogP contribution >= 0.6 is 0 Å². The Hall–Kier alpha value is -6.64.